The van der Waals surface area contributed by atoms with Gasteiger partial charge >= 0.3 is 7.60 Å². The largest absolute Gasteiger partial charge is 0.348 e. The fourth-order valence-electron chi connectivity index (χ4n) is 1.87. The predicted octanol–water partition coefficient (Wildman–Crippen LogP) is -1.33. The van der Waals surface area contributed by atoms with Crippen LogP contribution in [0, 0.1) is 0 Å². The average Bonchev–Trinajstić information content (AvgIpc) is 2.51. The maximum Gasteiger partial charge on any atom is 0.348 e. The number of imide groups is 1. The molecule has 0 aliphatic carbocycles. The number of amides is 3. The minimum atomic E-state index is -4.74. The second kappa shape index (κ2) is 10.9. The van der Waals surface area contributed by atoms with Crippen LogP contribution in [0.1, 0.15) is 20.3 Å². The van der Waals surface area contributed by atoms with Crippen molar-refractivity contribution in [3.8, 4) is 0 Å². The van der Waals surface area contributed by atoms with Crippen molar-refractivity contribution in [2.24, 2.45) is 5.73 Å². The van der Waals surface area contributed by atoms with E-state index in [0.717, 1.165) is 6.92 Å². The lowest BCUT2D eigenvalue weighted by atomic mass is 10.2. The van der Waals surface area contributed by atoms with E-state index in [9.17, 15) is 28.7 Å². The molecule has 0 aromatic carbocycles. The molecule has 12 heteroatoms. The van der Waals surface area contributed by atoms with E-state index in [-0.39, 0.29) is 6.54 Å². The number of carbonyl (C=O) groups excluding carboxylic acids is 3. The Morgan fingerprint density at radius 2 is 1.84 bits per heavy atom. The molecule has 0 unspecified atom stereocenters. The number of nitrogens with one attached hydrogen (secondary N) is 2. The van der Waals surface area contributed by atoms with Gasteiger partial charge in [-0.3, -0.25) is 23.8 Å². The summed E-state index contributed by atoms with van der Waals surface area (Å²) >= 11 is 1.52. The molecule has 3 atom stereocenters. The summed E-state index contributed by atoms with van der Waals surface area (Å²) < 4.78 is 11.5. The van der Waals surface area contributed by atoms with Gasteiger partial charge in [-0.2, -0.15) is 11.8 Å². The van der Waals surface area contributed by atoms with Crippen LogP contribution in [0.4, 0.5) is 0 Å². The SMILES string of the molecule is CNCC(=O)N(C(=O)[C@H](C)NC(=O)[C@@H](N)CCSC)[C@@H](C)P(=O)(O)O. The third-order valence-electron chi connectivity index (χ3n) is 3.39. The van der Waals surface area contributed by atoms with Gasteiger partial charge in [0.2, 0.25) is 11.8 Å². The van der Waals surface area contributed by atoms with Gasteiger partial charge in [-0.1, -0.05) is 0 Å². The van der Waals surface area contributed by atoms with Gasteiger partial charge < -0.3 is 26.2 Å². The maximum absolute atomic E-state index is 12.5. The molecule has 0 rings (SSSR count). The summed E-state index contributed by atoms with van der Waals surface area (Å²) in [5.74, 6) is -3.28. The zero-order chi connectivity index (χ0) is 19.8. The Labute approximate surface area is 151 Å². The molecule has 0 fully saturated rings. The van der Waals surface area contributed by atoms with Crippen molar-refractivity contribution in [3.63, 3.8) is 0 Å². The lowest BCUT2D eigenvalue weighted by Crippen LogP contribution is -2.55. The molecule has 0 spiro atoms. The third-order valence-corrected chi connectivity index (χ3v) is 5.24. The van der Waals surface area contributed by atoms with E-state index in [4.69, 9.17) is 5.73 Å². The van der Waals surface area contributed by atoms with E-state index in [2.05, 4.69) is 10.6 Å². The highest BCUT2D eigenvalue weighted by molar-refractivity contribution is 7.98. The second-order valence-corrected chi connectivity index (χ2v) is 8.38. The lowest BCUT2D eigenvalue weighted by molar-refractivity contribution is -0.147. The number of hydrogen-bond donors (Lipinski definition) is 5. The normalized spacial score (nSPS) is 15.2. The van der Waals surface area contributed by atoms with Gasteiger partial charge in [0.15, 0.2) is 0 Å². The van der Waals surface area contributed by atoms with Crippen LogP contribution in [-0.4, -0.2) is 75.9 Å². The fourth-order valence-corrected chi connectivity index (χ4v) is 2.90. The molecule has 3 amide bonds. The molecule has 0 heterocycles. The molecular weight excluding hydrogens is 371 g/mol. The predicted molar refractivity (Wildman–Crippen MR) is 95.9 cm³/mol. The monoisotopic (exact) mass is 398 g/mol. The van der Waals surface area contributed by atoms with Crippen LogP contribution in [0.2, 0.25) is 0 Å². The zero-order valence-corrected chi connectivity index (χ0v) is 16.5. The smallest absolute Gasteiger partial charge is 0.343 e. The van der Waals surface area contributed by atoms with Crippen LogP contribution in [0.5, 0.6) is 0 Å². The van der Waals surface area contributed by atoms with Gasteiger partial charge in [-0.05, 0) is 39.3 Å². The van der Waals surface area contributed by atoms with E-state index < -0.39 is 43.2 Å². The first kappa shape index (κ1) is 24.0. The van der Waals surface area contributed by atoms with Gasteiger partial charge in [0, 0.05) is 0 Å². The van der Waals surface area contributed by atoms with Crippen molar-refractivity contribution in [1.82, 2.24) is 15.5 Å². The molecule has 0 saturated heterocycles. The average molecular weight is 398 g/mol. The summed E-state index contributed by atoms with van der Waals surface area (Å²) in [6.45, 7) is 2.11. The molecule has 0 saturated carbocycles. The number of thioether (sulfide) groups is 1. The number of likely N-dealkylation sites (N-methyl/N-ethyl adjacent to an activating group) is 1. The highest BCUT2D eigenvalue weighted by atomic mass is 32.2. The second-order valence-electron chi connectivity index (χ2n) is 5.47. The van der Waals surface area contributed by atoms with Crippen molar-refractivity contribution >= 4 is 37.1 Å². The molecule has 10 nitrogen and oxygen atoms in total. The number of hydrogen-bond acceptors (Lipinski definition) is 7. The Morgan fingerprint density at radius 3 is 2.28 bits per heavy atom. The van der Waals surface area contributed by atoms with E-state index in [1.807, 2.05) is 6.26 Å². The number of carbonyl (C=O) groups is 3. The molecule has 25 heavy (non-hydrogen) atoms. The van der Waals surface area contributed by atoms with E-state index in [1.54, 1.807) is 0 Å². The molecule has 0 radical (unpaired) electrons. The molecule has 0 bridgehead atoms. The lowest BCUT2D eigenvalue weighted by Gasteiger charge is -2.30. The van der Waals surface area contributed by atoms with Gasteiger partial charge in [0.05, 0.1) is 12.6 Å². The first-order valence-corrected chi connectivity index (χ1v) is 10.7. The Bertz CT molecular complexity index is 529. The Hall–Kier alpha value is -0.970. The zero-order valence-electron chi connectivity index (χ0n) is 14.8. The quantitative estimate of drug-likeness (QED) is 0.281. The Morgan fingerprint density at radius 1 is 1.28 bits per heavy atom. The van der Waals surface area contributed by atoms with Gasteiger partial charge in [0.1, 0.15) is 11.8 Å². The molecule has 146 valence electrons. The highest BCUT2D eigenvalue weighted by Gasteiger charge is 2.39. The molecule has 0 aromatic heterocycles. The standard InChI is InChI=1S/C13H27N4O6PS/c1-8(16-12(19)10(14)5-6-25-4)13(20)17(11(18)7-15-3)9(2)24(21,22)23/h8-10,15H,5-7,14H2,1-4H3,(H,16,19)(H2,21,22,23)/t8-,9+,10-/m0/s1. The van der Waals surface area contributed by atoms with Gasteiger partial charge in [-0.25, -0.2) is 0 Å². The first-order valence-electron chi connectivity index (χ1n) is 7.57. The number of rotatable bonds is 10. The third kappa shape index (κ3) is 7.85. The van der Waals surface area contributed by atoms with Crippen LogP contribution in [-0.2, 0) is 18.9 Å². The van der Waals surface area contributed by atoms with E-state index >= 15 is 0 Å². The van der Waals surface area contributed by atoms with Crippen molar-refractivity contribution < 1.29 is 28.7 Å². The maximum atomic E-state index is 12.5. The van der Waals surface area contributed by atoms with Gasteiger partial charge in [-0.15, -0.1) is 0 Å². The van der Waals surface area contributed by atoms with E-state index in [0.29, 0.717) is 17.1 Å². The summed E-state index contributed by atoms with van der Waals surface area (Å²) in [7, 11) is -3.28. The summed E-state index contributed by atoms with van der Waals surface area (Å²) in [6, 6.07) is -1.98. The summed E-state index contributed by atoms with van der Waals surface area (Å²) in [6.07, 6.45) is 2.28. The topological polar surface area (TPSA) is 162 Å². The molecule has 0 aromatic rings. The number of nitrogens with two attached hydrogens (primary N) is 1. The molecule has 0 aliphatic rings. The summed E-state index contributed by atoms with van der Waals surface area (Å²) in [5.41, 5.74) is 5.71. The van der Waals surface area contributed by atoms with Crippen molar-refractivity contribution in [2.75, 3.05) is 25.6 Å². The molecule has 0 aliphatic heterocycles. The number of nitrogens with zero attached hydrogens (tertiary/aromatic N) is 1. The van der Waals surface area contributed by atoms with Gasteiger partial charge in [0.25, 0.3) is 5.91 Å². The Kier molecular flexibility index (Phi) is 10.5. The van der Waals surface area contributed by atoms with Crippen LogP contribution in [0.25, 0.3) is 0 Å². The first-order chi connectivity index (χ1) is 11.5. The fraction of sp³-hybridized carbons (Fsp3) is 0.769. The van der Waals surface area contributed by atoms with Crippen molar-refractivity contribution in [2.45, 2.75) is 38.1 Å². The van der Waals surface area contributed by atoms with Crippen LogP contribution in [0.3, 0.4) is 0 Å². The highest BCUT2D eigenvalue weighted by Crippen LogP contribution is 2.42. The minimum absolute atomic E-state index is 0.288. The summed E-state index contributed by atoms with van der Waals surface area (Å²) in [5, 5.41) is 4.91. The van der Waals surface area contributed by atoms with E-state index in [1.165, 1.54) is 25.7 Å². The van der Waals surface area contributed by atoms with Crippen LogP contribution >= 0.6 is 19.4 Å². The Balaban J connectivity index is 5.20. The van der Waals surface area contributed by atoms with Crippen molar-refractivity contribution in [3.05, 3.63) is 0 Å². The van der Waals surface area contributed by atoms with Crippen LogP contribution < -0.4 is 16.4 Å². The van der Waals surface area contributed by atoms with Crippen molar-refractivity contribution in [1.29, 1.82) is 0 Å². The minimum Gasteiger partial charge on any atom is -0.343 e. The summed E-state index contributed by atoms with van der Waals surface area (Å²) in [4.78, 5) is 55.7. The van der Waals surface area contributed by atoms with Crippen LogP contribution in [0.15, 0.2) is 0 Å². The molecule has 6 N–H and O–H groups in total. The molecular formula is C13H27N4O6PS.